The fourth-order valence-electron chi connectivity index (χ4n) is 15.6. The van der Waals surface area contributed by atoms with Gasteiger partial charge < -0.3 is 60.4 Å². The van der Waals surface area contributed by atoms with Crippen LogP contribution in [0, 0.1) is 34.6 Å². The summed E-state index contributed by atoms with van der Waals surface area (Å²) in [6, 6.07) is 78.7. The SMILES string of the molecule is CC(=O)CCc1ccccc1-c1ccc(C(CN)Cc2ccc(OCCOc3c(Cl)cc(C)cc3Cl)cc2)c(C)c1.CCCCCc1ccccc1-c1ccc(C(CN)Cc2ccc(OCCOc3c(Cl)cc(C)cc3Cl)cc2)cc1C(=O)O.Cc1cc(Cl)c(OCCOc2ccc(CC(CN)c3ccc(-c4ccccc4CCC(=O)N(C)C)cc3C)cc2)c(Cl)c1. The number of unbranched alkanes of at least 4 members (excludes halogenated alkanes) is 2. The molecular weight excluding hydrogens is 1710 g/mol. The average molecular weight is 1830 g/mol. The number of carbonyl (C=O) groups is 3. The molecular formula is C107H116Cl6N4O10. The maximum absolute atomic E-state index is 12.4. The zero-order chi connectivity index (χ0) is 91.1. The van der Waals surface area contributed by atoms with E-state index in [1.54, 1.807) is 32.0 Å². The van der Waals surface area contributed by atoms with Crippen molar-refractivity contribution in [2.75, 3.05) is 73.4 Å². The fraction of sp³-hybridized carbons (Fsp3) is 0.299. The number of hydrogen-bond acceptors (Lipinski definition) is 12. The number of carboxylic acid groups (broad SMARTS) is 1. The quantitative estimate of drug-likeness (QED) is 0.0263. The summed E-state index contributed by atoms with van der Waals surface area (Å²) < 4.78 is 34.8. The Morgan fingerprint density at radius 1 is 0.378 bits per heavy atom. The lowest BCUT2D eigenvalue weighted by molar-refractivity contribution is -0.128. The Balaban J connectivity index is 0.000000199. The molecule has 12 aromatic carbocycles. The van der Waals surface area contributed by atoms with E-state index in [0.717, 1.165) is 101 Å². The molecule has 666 valence electrons. The highest BCUT2D eigenvalue weighted by atomic mass is 35.5. The fourth-order valence-corrected chi connectivity index (χ4v) is 17.7. The molecule has 0 heterocycles. The Labute approximate surface area is 779 Å². The molecule has 0 aliphatic rings. The van der Waals surface area contributed by atoms with Crippen LogP contribution in [0.25, 0.3) is 33.4 Å². The number of ether oxygens (including phenoxy) is 6. The van der Waals surface area contributed by atoms with Crippen molar-refractivity contribution in [1.82, 2.24) is 4.90 Å². The number of hydrogen-bond donors (Lipinski definition) is 4. The first-order valence-electron chi connectivity index (χ1n) is 43.2. The van der Waals surface area contributed by atoms with Crippen LogP contribution >= 0.6 is 69.6 Å². The average Bonchev–Trinajstić information content (AvgIpc) is 0.800. The summed E-state index contributed by atoms with van der Waals surface area (Å²) in [5.41, 5.74) is 41.2. The number of benzene rings is 12. The largest absolute Gasteiger partial charge is 0.490 e. The molecule has 0 radical (unpaired) electrons. The second-order valence-electron chi connectivity index (χ2n) is 32.3. The number of rotatable bonds is 41. The second kappa shape index (κ2) is 49.9. The number of aromatic carboxylic acids is 1. The van der Waals surface area contributed by atoms with Gasteiger partial charge in [0, 0.05) is 44.7 Å². The summed E-state index contributed by atoms with van der Waals surface area (Å²) in [6.07, 6.45) is 9.14. The molecule has 7 N–H and O–H groups in total. The molecule has 0 aromatic heterocycles. The maximum Gasteiger partial charge on any atom is 0.336 e. The monoisotopic (exact) mass is 1830 g/mol. The number of Topliss-reactive ketones (excluding diaryl/α,β-unsaturated/α-hetero) is 1. The maximum atomic E-state index is 12.4. The molecule has 0 bridgehead atoms. The molecule has 0 saturated carbocycles. The Hall–Kier alpha value is -10.3. The zero-order valence-electron chi connectivity index (χ0n) is 74.0. The molecule has 3 atom stereocenters. The first-order chi connectivity index (χ1) is 61.2. The van der Waals surface area contributed by atoms with E-state index in [0.29, 0.717) is 144 Å². The van der Waals surface area contributed by atoms with Gasteiger partial charge in [0.15, 0.2) is 17.2 Å². The van der Waals surface area contributed by atoms with Gasteiger partial charge in [-0.1, -0.05) is 247 Å². The summed E-state index contributed by atoms with van der Waals surface area (Å²) in [5.74, 6) is 3.42. The minimum Gasteiger partial charge on any atom is -0.490 e. The van der Waals surface area contributed by atoms with Crippen molar-refractivity contribution in [2.24, 2.45) is 17.2 Å². The third kappa shape index (κ3) is 29.3. The summed E-state index contributed by atoms with van der Waals surface area (Å²) in [5, 5.41) is 13.1. The Bertz CT molecular complexity index is 5560. The van der Waals surface area contributed by atoms with E-state index in [1.165, 1.54) is 66.8 Å². The van der Waals surface area contributed by atoms with Gasteiger partial charge in [0.2, 0.25) is 5.91 Å². The molecule has 12 rings (SSSR count). The van der Waals surface area contributed by atoms with E-state index in [-0.39, 0.29) is 29.4 Å². The summed E-state index contributed by atoms with van der Waals surface area (Å²) in [4.78, 5) is 37.8. The molecule has 0 spiro atoms. The number of halogens is 6. The van der Waals surface area contributed by atoms with E-state index in [2.05, 4.69) is 112 Å². The van der Waals surface area contributed by atoms with E-state index >= 15 is 0 Å². The number of carboxylic acids is 1. The lowest BCUT2D eigenvalue weighted by Crippen LogP contribution is -2.21. The molecule has 0 aliphatic heterocycles. The minimum absolute atomic E-state index is 0.0314. The predicted octanol–water partition coefficient (Wildman–Crippen LogP) is 25.7. The van der Waals surface area contributed by atoms with Crippen molar-refractivity contribution >= 4 is 87.3 Å². The number of amides is 1. The Morgan fingerprint density at radius 3 is 1.07 bits per heavy atom. The van der Waals surface area contributed by atoms with Crippen molar-refractivity contribution in [3.8, 4) is 67.9 Å². The second-order valence-corrected chi connectivity index (χ2v) is 34.7. The lowest BCUT2D eigenvalue weighted by atomic mass is 9.87. The molecule has 20 heteroatoms. The Kier molecular flexibility index (Phi) is 38.8. The molecule has 0 saturated heterocycles. The molecule has 0 fully saturated rings. The first-order valence-corrected chi connectivity index (χ1v) is 45.5. The Morgan fingerprint density at radius 2 is 0.724 bits per heavy atom. The van der Waals surface area contributed by atoms with Gasteiger partial charge in [-0.05, 0) is 296 Å². The van der Waals surface area contributed by atoms with Crippen molar-refractivity contribution in [2.45, 2.75) is 137 Å². The zero-order valence-corrected chi connectivity index (χ0v) is 78.5. The van der Waals surface area contributed by atoms with Gasteiger partial charge in [-0.15, -0.1) is 0 Å². The minimum atomic E-state index is -0.937. The van der Waals surface area contributed by atoms with Gasteiger partial charge in [-0.3, -0.25) is 4.79 Å². The van der Waals surface area contributed by atoms with Crippen molar-refractivity contribution < 1.29 is 47.9 Å². The number of nitrogens with two attached hydrogens (primary N) is 3. The van der Waals surface area contributed by atoms with Crippen molar-refractivity contribution in [1.29, 1.82) is 0 Å². The van der Waals surface area contributed by atoms with Gasteiger partial charge in [0.1, 0.15) is 62.7 Å². The van der Waals surface area contributed by atoms with Crippen LogP contribution in [-0.2, 0) is 48.1 Å². The van der Waals surface area contributed by atoms with Gasteiger partial charge in [0.05, 0.1) is 35.7 Å². The van der Waals surface area contributed by atoms with Gasteiger partial charge in [0.25, 0.3) is 0 Å². The summed E-state index contributed by atoms with van der Waals surface area (Å²) >= 11 is 37.5. The third-order valence-corrected chi connectivity index (χ3v) is 24.0. The molecule has 0 aliphatic carbocycles. The number of nitrogens with zero attached hydrogens (tertiary/aromatic N) is 1. The third-order valence-electron chi connectivity index (χ3n) is 22.3. The van der Waals surface area contributed by atoms with Crippen LogP contribution in [0.4, 0.5) is 0 Å². The predicted molar refractivity (Wildman–Crippen MR) is 524 cm³/mol. The van der Waals surface area contributed by atoms with Gasteiger partial charge in [-0.25, -0.2) is 4.79 Å². The van der Waals surface area contributed by atoms with Crippen LogP contribution in [0.5, 0.6) is 34.5 Å². The van der Waals surface area contributed by atoms with Crippen molar-refractivity contribution in [3.63, 3.8) is 0 Å². The highest BCUT2D eigenvalue weighted by molar-refractivity contribution is 6.38. The summed E-state index contributed by atoms with van der Waals surface area (Å²) in [6.45, 7) is 17.4. The molecule has 3 unspecified atom stereocenters. The lowest BCUT2D eigenvalue weighted by Gasteiger charge is -2.20. The number of carbonyl (C=O) groups excluding carboxylic acids is 2. The van der Waals surface area contributed by atoms with Crippen LogP contribution < -0.4 is 45.6 Å². The van der Waals surface area contributed by atoms with Crippen molar-refractivity contribution in [3.05, 3.63) is 350 Å². The smallest absolute Gasteiger partial charge is 0.336 e. The molecule has 127 heavy (non-hydrogen) atoms. The molecule has 14 nitrogen and oxygen atoms in total. The van der Waals surface area contributed by atoms with Crippen LogP contribution in [-0.4, -0.2) is 101 Å². The van der Waals surface area contributed by atoms with Crippen LogP contribution in [0.2, 0.25) is 30.1 Å². The van der Waals surface area contributed by atoms with E-state index in [1.807, 2.05) is 160 Å². The normalized spacial score (nSPS) is 11.7. The molecule has 12 aromatic rings. The first kappa shape index (κ1) is 98.8. The van der Waals surface area contributed by atoms with Gasteiger partial charge >= 0.3 is 5.97 Å². The van der Waals surface area contributed by atoms with Gasteiger partial charge in [-0.2, -0.15) is 0 Å². The van der Waals surface area contributed by atoms with E-state index < -0.39 is 5.97 Å². The standard InChI is InChI=1S/C36H40Cl2N2O3.C36H39Cl2NO4.C35H37Cl2NO3/c1-24-19-33(37)36(34(38)20-24)43-18-17-42-30-13-9-26(10-14-30)22-29(23-39)31-15-11-28(21-25(31)2)32-8-6-5-7-27(32)12-16-35(41)40(3)4;1-3-4-5-8-26-9-6-7-10-30(26)31-16-13-27(22-32(31)36(40)41)28(23-39)21-25-11-14-29(15-12-25)42-17-18-43-35-33(37)19-24(2)20-34(35)38;1-23-18-33(36)35(34(37)19-23)41-17-16-40-30-13-9-26(10-14-30)21-29(22-38)31-15-12-28(20-24(31)2)32-7-5-4-6-27(32)11-8-25(3)39/h5-11,13-15,19-21,29H,12,16-18,22-23,39H2,1-4H3;6-7,9-16,19-20,22,28H,3-5,8,17-18,21,23,39H2,1-2H3,(H,40,41);4-7,9-10,12-15,18-20,29H,8,11,16-17,21-22,38H2,1-3H3. The van der Waals surface area contributed by atoms with Crippen LogP contribution in [0.3, 0.4) is 0 Å². The highest BCUT2D eigenvalue weighted by Gasteiger charge is 2.23. The highest BCUT2D eigenvalue weighted by Crippen LogP contribution is 2.40. The van der Waals surface area contributed by atoms with E-state index in [4.69, 9.17) is 115 Å². The number of aryl methyl sites for hydroxylation is 8. The van der Waals surface area contributed by atoms with Crippen LogP contribution in [0.15, 0.2) is 237 Å². The van der Waals surface area contributed by atoms with E-state index in [9.17, 15) is 19.5 Å². The topological polar surface area (TPSA) is 208 Å². The summed E-state index contributed by atoms with van der Waals surface area (Å²) in [7, 11) is 3.59. The van der Waals surface area contributed by atoms with Crippen LogP contribution in [0.1, 0.15) is 152 Å². The number of ketones is 1. The molecule has 1 amide bonds.